The maximum absolute atomic E-state index is 10.7. The lowest BCUT2D eigenvalue weighted by Gasteiger charge is -2.27. The fourth-order valence-electron chi connectivity index (χ4n) is 1.11. The summed E-state index contributed by atoms with van der Waals surface area (Å²) in [6, 6.07) is 5.48. The van der Waals surface area contributed by atoms with Crippen LogP contribution in [0, 0.1) is 13.8 Å². The van der Waals surface area contributed by atoms with E-state index in [-0.39, 0.29) is 0 Å². The Labute approximate surface area is 89.7 Å². The van der Waals surface area contributed by atoms with Gasteiger partial charge in [0, 0.05) is 0 Å². The van der Waals surface area contributed by atoms with E-state index in [0.717, 1.165) is 11.1 Å². The minimum absolute atomic E-state index is 0.548. The van der Waals surface area contributed by atoms with Crippen molar-refractivity contribution >= 4 is 5.97 Å². The maximum Gasteiger partial charge on any atom is 0.143 e. The molecule has 0 aromatic heterocycles. The van der Waals surface area contributed by atoms with Gasteiger partial charge in [0.2, 0.25) is 0 Å². The van der Waals surface area contributed by atoms with Crippen LogP contribution in [0.2, 0.25) is 0 Å². The van der Waals surface area contributed by atoms with E-state index in [2.05, 4.69) is 0 Å². The molecule has 0 saturated heterocycles. The van der Waals surface area contributed by atoms with Crippen LogP contribution in [0.3, 0.4) is 0 Å². The largest absolute Gasteiger partial charge is 0.546 e. The Morgan fingerprint density at radius 1 is 1.27 bits per heavy atom. The van der Waals surface area contributed by atoms with Crippen molar-refractivity contribution in [1.82, 2.24) is 0 Å². The Balaban J connectivity index is 2.91. The molecule has 0 atom stereocenters. The third kappa shape index (κ3) is 2.72. The molecule has 0 fully saturated rings. The first kappa shape index (κ1) is 11.6. The van der Waals surface area contributed by atoms with E-state index in [1.807, 2.05) is 26.0 Å². The summed E-state index contributed by atoms with van der Waals surface area (Å²) in [5, 5.41) is 10.7. The molecule has 0 saturated carbocycles. The lowest BCUT2D eigenvalue weighted by molar-refractivity contribution is -0.320. The molecule has 0 bridgehead atoms. The van der Waals surface area contributed by atoms with Gasteiger partial charge < -0.3 is 14.6 Å². The molecule has 0 aliphatic carbocycles. The number of carbonyl (C=O) groups is 1. The zero-order valence-corrected chi connectivity index (χ0v) is 9.46. The van der Waals surface area contributed by atoms with E-state index >= 15 is 0 Å². The number of hydrogen-bond acceptors (Lipinski definition) is 3. The van der Waals surface area contributed by atoms with Gasteiger partial charge in [-0.15, -0.1) is 0 Å². The monoisotopic (exact) mass is 207 g/mol. The fourth-order valence-corrected chi connectivity index (χ4v) is 1.11. The Kier molecular flexibility index (Phi) is 3.03. The fraction of sp³-hybridized carbons (Fsp3) is 0.417. The van der Waals surface area contributed by atoms with E-state index in [0.29, 0.717) is 5.75 Å². The van der Waals surface area contributed by atoms with Crippen molar-refractivity contribution in [3.05, 3.63) is 29.3 Å². The Bertz CT molecular complexity index is 380. The SMILES string of the molecule is Cc1ccc(OC(C)(C)C(=O)[O-])cc1C. The van der Waals surface area contributed by atoms with Crippen molar-refractivity contribution in [3.63, 3.8) is 0 Å². The van der Waals surface area contributed by atoms with E-state index in [4.69, 9.17) is 4.74 Å². The summed E-state index contributed by atoms with van der Waals surface area (Å²) in [5.74, 6) is -0.673. The molecule has 1 aromatic rings. The van der Waals surface area contributed by atoms with Crippen LogP contribution in [-0.2, 0) is 4.79 Å². The molecule has 82 valence electrons. The number of aryl methyl sites for hydroxylation is 2. The third-order valence-electron chi connectivity index (χ3n) is 2.34. The van der Waals surface area contributed by atoms with Gasteiger partial charge in [-0.2, -0.15) is 0 Å². The van der Waals surface area contributed by atoms with Crippen LogP contribution in [0.15, 0.2) is 18.2 Å². The second kappa shape index (κ2) is 3.93. The van der Waals surface area contributed by atoms with E-state index < -0.39 is 11.6 Å². The lowest BCUT2D eigenvalue weighted by atomic mass is 10.1. The van der Waals surface area contributed by atoms with Crippen LogP contribution in [0.4, 0.5) is 0 Å². The maximum atomic E-state index is 10.7. The van der Waals surface area contributed by atoms with Gasteiger partial charge in [-0.1, -0.05) is 6.07 Å². The first-order valence-corrected chi connectivity index (χ1v) is 4.80. The number of carbonyl (C=O) groups excluding carboxylic acids is 1. The molecule has 0 aliphatic rings. The van der Waals surface area contributed by atoms with Gasteiger partial charge in [0.15, 0.2) is 0 Å². The molecule has 3 heteroatoms. The minimum Gasteiger partial charge on any atom is -0.546 e. The van der Waals surface area contributed by atoms with Gasteiger partial charge in [-0.3, -0.25) is 0 Å². The van der Waals surface area contributed by atoms with E-state index in [1.165, 1.54) is 13.8 Å². The summed E-state index contributed by atoms with van der Waals surface area (Å²) in [7, 11) is 0. The second-order valence-electron chi connectivity index (χ2n) is 4.15. The van der Waals surface area contributed by atoms with Gasteiger partial charge in [0.05, 0.1) is 5.97 Å². The van der Waals surface area contributed by atoms with Gasteiger partial charge in [0.25, 0.3) is 0 Å². The van der Waals surface area contributed by atoms with Crippen LogP contribution in [0.25, 0.3) is 0 Å². The number of carboxylic acids is 1. The highest BCUT2D eigenvalue weighted by molar-refractivity contribution is 5.74. The molecule has 0 N–H and O–H groups in total. The molecule has 0 aliphatic heterocycles. The minimum atomic E-state index is -1.30. The Morgan fingerprint density at radius 3 is 2.33 bits per heavy atom. The molecule has 0 heterocycles. The zero-order chi connectivity index (χ0) is 11.6. The molecule has 3 nitrogen and oxygen atoms in total. The first-order valence-electron chi connectivity index (χ1n) is 4.80. The quantitative estimate of drug-likeness (QED) is 0.748. The highest BCUT2D eigenvalue weighted by Crippen LogP contribution is 2.21. The summed E-state index contributed by atoms with van der Waals surface area (Å²) >= 11 is 0. The van der Waals surface area contributed by atoms with Crippen LogP contribution in [-0.4, -0.2) is 11.6 Å². The van der Waals surface area contributed by atoms with Crippen molar-refractivity contribution in [3.8, 4) is 5.75 Å². The molecule has 0 radical (unpaired) electrons. The van der Waals surface area contributed by atoms with Crippen LogP contribution >= 0.6 is 0 Å². The Morgan fingerprint density at radius 2 is 1.87 bits per heavy atom. The van der Waals surface area contributed by atoms with Crippen molar-refractivity contribution in [2.24, 2.45) is 0 Å². The smallest absolute Gasteiger partial charge is 0.143 e. The number of carboxylic acid groups (broad SMARTS) is 1. The predicted molar refractivity (Wildman–Crippen MR) is 55.6 cm³/mol. The van der Waals surface area contributed by atoms with Gasteiger partial charge >= 0.3 is 0 Å². The highest BCUT2D eigenvalue weighted by atomic mass is 16.5. The van der Waals surface area contributed by atoms with Crippen molar-refractivity contribution in [2.75, 3.05) is 0 Å². The summed E-state index contributed by atoms with van der Waals surface area (Å²) in [6.45, 7) is 6.88. The first-order chi connectivity index (χ1) is 6.83. The highest BCUT2D eigenvalue weighted by Gasteiger charge is 2.21. The standard InChI is InChI=1S/C12H16O3/c1-8-5-6-10(7-9(8)2)15-12(3,4)11(13)14/h5-7H,1-4H3,(H,13,14)/p-1. The topological polar surface area (TPSA) is 49.4 Å². The summed E-state index contributed by atoms with van der Waals surface area (Å²) in [5.41, 5.74) is 0.914. The summed E-state index contributed by atoms with van der Waals surface area (Å²) < 4.78 is 5.34. The summed E-state index contributed by atoms with van der Waals surface area (Å²) in [6.07, 6.45) is 0. The normalized spacial score (nSPS) is 11.2. The van der Waals surface area contributed by atoms with Crippen molar-refractivity contribution < 1.29 is 14.6 Å². The number of aliphatic carboxylic acids is 1. The van der Waals surface area contributed by atoms with Crippen LogP contribution < -0.4 is 9.84 Å². The molecule has 0 unspecified atom stereocenters. The molecule has 0 spiro atoms. The van der Waals surface area contributed by atoms with Gasteiger partial charge in [0.1, 0.15) is 11.4 Å². The Hall–Kier alpha value is -1.51. The number of ether oxygens (including phenoxy) is 1. The lowest BCUT2D eigenvalue weighted by Crippen LogP contribution is -2.47. The number of hydrogen-bond donors (Lipinski definition) is 0. The predicted octanol–water partition coefficient (Wildman–Crippen LogP) is 1.21. The van der Waals surface area contributed by atoms with E-state index in [1.54, 1.807) is 6.07 Å². The van der Waals surface area contributed by atoms with Crippen molar-refractivity contribution in [1.29, 1.82) is 0 Å². The average molecular weight is 207 g/mol. The average Bonchev–Trinajstić information content (AvgIpc) is 2.10. The molecular formula is C12H15O3-. The molecule has 0 amide bonds. The molecule has 15 heavy (non-hydrogen) atoms. The molecule has 1 rings (SSSR count). The molecular weight excluding hydrogens is 192 g/mol. The van der Waals surface area contributed by atoms with E-state index in [9.17, 15) is 9.90 Å². The van der Waals surface area contributed by atoms with Crippen molar-refractivity contribution in [2.45, 2.75) is 33.3 Å². The number of rotatable bonds is 3. The van der Waals surface area contributed by atoms with Gasteiger partial charge in [-0.05, 0) is 51.0 Å². The zero-order valence-electron chi connectivity index (χ0n) is 9.46. The van der Waals surface area contributed by atoms with Gasteiger partial charge in [-0.25, -0.2) is 0 Å². The molecule has 1 aromatic carbocycles. The third-order valence-corrected chi connectivity index (χ3v) is 2.34. The van der Waals surface area contributed by atoms with Crippen LogP contribution in [0.1, 0.15) is 25.0 Å². The number of benzene rings is 1. The van der Waals surface area contributed by atoms with Crippen LogP contribution in [0.5, 0.6) is 5.75 Å². The summed E-state index contributed by atoms with van der Waals surface area (Å²) in [4.78, 5) is 10.7. The second-order valence-corrected chi connectivity index (χ2v) is 4.15.